The Morgan fingerprint density at radius 3 is 2.15 bits per heavy atom. The average molecular weight is 296 g/mol. The fraction of sp³-hybridized carbons (Fsp3) is 0.833. The third-order valence-corrected chi connectivity index (χ3v) is 3.46. The normalized spacial score (nSPS) is 23.7. The zero-order valence-electron chi connectivity index (χ0n) is 11.7. The van der Waals surface area contributed by atoms with Crippen LogP contribution in [-0.2, 0) is 9.59 Å². The first-order valence-electron chi connectivity index (χ1n) is 6.23. The summed E-state index contributed by atoms with van der Waals surface area (Å²) < 4.78 is 40.0. The standard InChI is InChI=1S/C12H19F3N2O3/c1-10(2,3)17(6-8(18)19)9(20)11(12(13,14)15)4-5-16-7-11/h16H,4-7H2,1-3H3,(H,18,19). The number of carboxylic acids is 1. The Balaban J connectivity index is 3.18. The lowest BCUT2D eigenvalue weighted by atomic mass is 9.83. The molecule has 2 N–H and O–H groups in total. The van der Waals surface area contributed by atoms with Gasteiger partial charge in [0.15, 0.2) is 5.41 Å². The molecule has 1 aliphatic rings. The SMILES string of the molecule is CC(C)(C)N(CC(=O)O)C(=O)C1(C(F)(F)F)CCNC1. The first-order valence-corrected chi connectivity index (χ1v) is 6.23. The van der Waals surface area contributed by atoms with Gasteiger partial charge in [0.25, 0.3) is 0 Å². The van der Waals surface area contributed by atoms with Crippen LogP contribution in [0.15, 0.2) is 0 Å². The molecule has 0 bridgehead atoms. The van der Waals surface area contributed by atoms with E-state index in [1.54, 1.807) is 0 Å². The lowest BCUT2D eigenvalue weighted by Crippen LogP contribution is -2.59. The number of hydrogen-bond acceptors (Lipinski definition) is 3. The fourth-order valence-corrected chi connectivity index (χ4v) is 2.24. The number of nitrogens with one attached hydrogen (secondary N) is 1. The first-order chi connectivity index (χ1) is 8.92. The number of nitrogens with zero attached hydrogens (tertiary/aromatic N) is 1. The van der Waals surface area contributed by atoms with E-state index in [-0.39, 0.29) is 13.0 Å². The largest absolute Gasteiger partial charge is 0.480 e. The molecule has 8 heteroatoms. The minimum Gasteiger partial charge on any atom is -0.480 e. The summed E-state index contributed by atoms with van der Waals surface area (Å²) in [6.07, 6.45) is -5.09. The number of alkyl halides is 3. The highest BCUT2D eigenvalue weighted by molar-refractivity contribution is 5.88. The van der Waals surface area contributed by atoms with E-state index in [4.69, 9.17) is 5.11 Å². The van der Waals surface area contributed by atoms with Crippen LogP contribution in [0.5, 0.6) is 0 Å². The molecule has 1 rings (SSSR count). The topological polar surface area (TPSA) is 69.6 Å². The molecule has 5 nitrogen and oxygen atoms in total. The molecule has 1 unspecified atom stereocenters. The molecule has 1 fully saturated rings. The summed E-state index contributed by atoms with van der Waals surface area (Å²) in [6, 6.07) is 0. The molecule has 0 radical (unpaired) electrons. The van der Waals surface area contributed by atoms with E-state index >= 15 is 0 Å². The van der Waals surface area contributed by atoms with Crippen LogP contribution in [0.3, 0.4) is 0 Å². The molecule has 1 atom stereocenters. The summed E-state index contributed by atoms with van der Waals surface area (Å²) in [6.45, 7) is 3.36. The van der Waals surface area contributed by atoms with Crippen molar-refractivity contribution in [2.24, 2.45) is 5.41 Å². The Hall–Kier alpha value is -1.31. The molecule has 0 aromatic heterocycles. The zero-order valence-corrected chi connectivity index (χ0v) is 11.7. The Morgan fingerprint density at radius 2 is 1.85 bits per heavy atom. The van der Waals surface area contributed by atoms with E-state index < -0.39 is 42.1 Å². The Labute approximate surface area is 115 Å². The number of carbonyl (C=O) groups is 2. The van der Waals surface area contributed by atoms with Crippen molar-refractivity contribution in [3.05, 3.63) is 0 Å². The van der Waals surface area contributed by atoms with Crippen LogP contribution in [0.2, 0.25) is 0 Å². The molecular formula is C12H19F3N2O3. The Morgan fingerprint density at radius 1 is 1.30 bits per heavy atom. The van der Waals surface area contributed by atoms with E-state index in [0.29, 0.717) is 0 Å². The van der Waals surface area contributed by atoms with Crippen molar-refractivity contribution in [3.63, 3.8) is 0 Å². The van der Waals surface area contributed by atoms with Gasteiger partial charge in [0.2, 0.25) is 5.91 Å². The summed E-state index contributed by atoms with van der Waals surface area (Å²) in [5.41, 5.74) is -3.54. The van der Waals surface area contributed by atoms with Gasteiger partial charge in [-0.1, -0.05) is 0 Å². The van der Waals surface area contributed by atoms with Crippen molar-refractivity contribution in [2.75, 3.05) is 19.6 Å². The monoisotopic (exact) mass is 296 g/mol. The summed E-state index contributed by atoms with van der Waals surface area (Å²) in [5.74, 6) is -2.51. The molecule has 1 saturated heterocycles. The molecule has 20 heavy (non-hydrogen) atoms. The van der Waals surface area contributed by atoms with Crippen molar-refractivity contribution >= 4 is 11.9 Å². The van der Waals surface area contributed by atoms with Crippen molar-refractivity contribution in [3.8, 4) is 0 Å². The predicted molar refractivity (Wildman–Crippen MR) is 65.1 cm³/mol. The van der Waals surface area contributed by atoms with Crippen LogP contribution < -0.4 is 5.32 Å². The number of rotatable bonds is 3. The molecule has 1 aliphatic heterocycles. The van der Waals surface area contributed by atoms with Crippen LogP contribution in [0.25, 0.3) is 0 Å². The van der Waals surface area contributed by atoms with E-state index in [1.165, 1.54) is 20.8 Å². The van der Waals surface area contributed by atoms with Gasteiger partial charge in [-0.2, -0.15) is 13.2 Å². The number of halogens is 3. The first kappa shape index (κ1) is 16.7. The second-order valence-electron chi connectivity index (χ2n) is 5.96. The summed E-state index contributed by atoms with van der Waals surface area (Å²) in [4.78, 5) is 24.0. The summed E-state index contributed by atoms with van der Waals surface area (Å²) >= 11 is 0. The minimum absolute atomic E-state index is 0.0797. The molecule has 0 aromatic carbocycles. The van der Waals surface area contributed by atoms with Crippen molar-refractivity contribution in [2.45, 2.75) is 38.9 Å². The number of carboxylic acid groups (broad SMARTS) is 1. The molecule has 1 heterocycles. The van der Waals surface area contributed by atoms with Gasteiger partial charge >= 0.3 is 12.1 Å². The summed E-state index contributed by atoms with van der Waals surface area (Å²) in [5, 5.41) is 11.4. The maximum atomic E-state index is 13.3. The molecule has 116 valence electrons. The second-order valence-corrected chi connectivity index (χ2v) is 5.96. The number of amides is 1. The van der Waals surface area contributed by atoms with Crippen LogP contribution >= 0.6 is 0 Å². The number of aliphatic carboxylic acids is 1. The quantitative estimate of drug-likeness (QED) is 0.822. The summed E-state index contributed by atoms with van der Waals surface area (Å²) in [7, 11) is 0. The van der Waals surface area contributed by atoms with Gasteiger partial charge in [-0.05, 0) is 33.7 Å². The van der Waals surface area contributed by atoms with Gasteiger partial charge in [0, 0.05) is 12.1 Å². The zero-order chi connectivity index (χ0) is 15.8. The highest BCUT2D eigenvalue weighted by Gasteiger charge is 2.63. The lowest BCUT2D eigenvalue weighted by Gasteiger charge is -2.41. The third-order valence-electron chi connectivity index (χ3n) is 3.46. The van der Waals surface area contributed by atoms with Gasteiger partial charge < -0.3 is 15.3 Å². The highest BCUT2D eigenvalue weighted by atomic mass is 19.4. The van der Waals surface area contributed by atoms with Crippen molar-refractivity contribution in [1.82, 2.24) is 10.2 Å². The molecule has 0 aromatic rings. The smallest absolute Gasteiger partial charge is 0.404 e. The average Bonchev–Trinajstić information content (AvgIpc) is 2.72. The van der Waals surface area contributed by atoms with Crippen LogP contribution in [0.4, 0.5) is 13.2 Å². The fourth-order valence-electron chi connectivity index (χ4n) is 2.24. The van der Waals surface area contributed by atoms with Crippen molar-refractivity contribution in [1.29, 1.82) is 0 Å². The second kappa shape index (κ2) is 5.23. The van der Waals surface area contributed by atoms with E-state index in [0.717, 1.165) is 4.90 Å². The number of carbonyl (C=O) groups excluding carboxylic acids is 1. The minimum atomic E-state index is -4.71. The molecular weight excluding hydrogens is 277 g/mol. The molecule has 0 saturated carbocycles. The third kappa shape index (κ3) is 3.05. The predicted octanol–water partition coefficient (Wildman–Crippen LogP) is 1.24. The van der Waals surface area contributed by atoms with E-state index in [1.807, 2.05) is 0 Å². The Kier molecular flexibility index (Phi) is 4.38. The highest BCUT2D eigenvalue weighted by Crippen LogP contribution is 2.45. The van der Waals surface area contributed by atoms with Crippen LogP contribution in [-0.4, -0.2) is 53.2 Å². The number of hydrogen-bond donors (Lipinski definition) is 2. The van der Waals surface area contributed by atoms with Crippen molar-refractivity contribution < 1.29 is 27.9 Å². The van der Waals surface area contributed by atoms with E-state index in [2.05, 4.69) is 5.32 Å². The van der Waals surface area contributed by atoms with Crippen LogP contribution in [0.1, 0.15) is 27.2 Å². The maximum Gasteiger partial charge on any atom is 0.404 e. The van der Waals surface area contributed by atoms with E-state index in [9.17, 15) is 22.8 Å². The van der Waals surface area contributed by atoms with Gasteiger partial charge in [0.05, 0.1) is 0 Å². The molecule has 1 amide bonds. The lowest BCUT2D eigenvalue weighted by molar-refractivity contribution is -0.224. The maximum absolute atomic E-state index is 13.3. The van der Waals surface area contributed by atoms with Crippen LogP contribution in [0, 0.1) is 5.41 Å². The molecule has 0 spiro atoms. The molecule has 0 aliphatic carbocycles. The Bertz CT molecular complexity index is 396. The van der Waals surface area contributed by atoms with Gasteiger partial charge in [-0.3, -0.25) is 9.59 Å². The van der Waals surface area contributed by atoms with Gasteiger partial charge in [-0.25, -0.2) is 0 Å². The van der Waals surface area contributed by atoms with Gasteiger partial charge in [-0.15, -0.1) is 0 Å². The van der Waals surface area contributed by atoms with Gasteiger partial charge in [0.1, 0.15) is 6.54 Å².